The fraction of sp³-hybridized carbons (Fsp3) is 0.231. The van der Waals surface area contributed by atoms with Gasteiger partial charge in [-0.15, -0.1) is 11.3 Å². The Morgan fingerprint density at radius 3 is 2.94 bits per heavy atom. The highest BCUT2D eigenvalue weighted by atomic mass is 32.1. The van der Waals surface area contributed by atoms with E-state index in [1.165, 1.54) is 11.3 Å². The highest BCUT2D eigenvalue weighted by Gasteiger charge is 2.07. The van der Waals surface area contributed by atoms with Gasteiger partial charge < -0.3 is 10.1 Å². The third-order valence-corrected chi connectivity index (χ3v) is 3.20. The second kappa shape index (κ2) is 5.64. The first-order valence-electron chi connectivity index (χ1n) is 5.54. The topological polar surface area (TPSA) is 51.2 Å². The van der Waals surface area contributed by atoms with Gasteiger partial charge in [0.05, 0.1) is 11.2 Å². The summed E-state index contributed by atoms with van der Waals surface area (Å²) >= 11 is 1.40. The van der Waals surface area contributed by atoms with E-state index < -0.39 is 0 Å². The van der Waals surface area contributed by atoms with Gasteiger partial charge in [-0.25, -0.2) is 4.98 Å². The lowest BCUT2D eigenvalue weighted by Gasteiger charge is -2.07. The van der Waals surface area contributed by atoms with E-state index >= 15 is 0 Å². The molecule has 0 spiro atoms. The van der Waals surface area contributed by atoms with Gasteiger partial charge in [0.1, 0.15) is 10.8 Å². The normalized spacial score (nSPS) is 10.1. The van der Waals surface area contributed by atoms with E-state index in [1.807, 2.05) is 38.1 Å². The van der Waals surface area contributed by atoms with E-state index in [-0.39, 0.29) is 12.5 Å². The maximum Gasteiger partial charge on any atom is 0.262 e. The number of nitrogens with zero attached hydrogens (tertiary/aromatic N) is 1. The highest BCUT2D eigenvalue weighted by Crippen LogP contribution is 2.18. The van der Waals surface area contributed by atoms with Crippen LogP contribution in [0.15, 0.2) is 29.8 Å². The first-order valence-corrected chi connectivity index (χ1v) is 6.42. The molecule has 0 aliphatic carbocycles. The third-order valence-electron chi connectivity index (χ3n) is 2.36. The van der Waals surface area contributed by atoms with Crippen LogP contribution in [0.2, 0.25) is 0 Å². The summed E-state index contributed by atoms with van der Waals surface area (Å²) in [5.41, 5.74) is 3.63. The molecule has 1 heterocycles. The van der Waals surface area contributed by atoms with Crippen molar-refractivity contribution in [3.8, 4) is 5.75 Å². The Bertz CT molecular complexity index is 551. The number of ether oxygens (including phenoxy) is 1. The molecular formula is C13H14N2O2S. The van der Waals surface area contributed by atoms with Crippen LogP contribution < -0.4 is 10.1 Å². The molecule has 0 bridgehead atoms. The van der Waals surface area contributed by atoms with Crippen molar-refractivity contribution >= 4 is 22.2 Å². The Morgan fingerprint density at radius 2 is 2.28 bits per heavy atom. The summed E-state index contributed by atoms with van der Waals surface area (Å²) in [4.78, 5) is 15.7. The van der Waals surface area contributed by atoms with Crippen molar-refractivity contribution in [2.75, 3.05) is 11.9 Å². The van der Waals surface area contributed by atoms with Crippen LogP contribution in [0.25, 0.3) is 0 Å². The molecule has 0 aliphatic heterocycles. The summed E-state index contributed by atoms with van der Waals surface area (Å²) in [5, 5.41) is 3.54. The predicted molar refractivity (Wildman–Crippen MR) is 72.2 cm³/mol. The van der Waals surface area contributed by atoms with E-state index in [0.717, 1.165) is 16.3 Å². The highest BCUT2D eigenvalue weighted by molar-refractivity contribution is 7.14. The summed E-state index contributed by atoms with van der Waals surface area (Å²) in [6.45, 7) is 3.84. The van der Waals surface area contributed by atoms with Crippen LogP contribution in [-0.4, -0.2) is 17.5 Å². The number of hydrogen-bond donors (Lipinski definition) is 1. The molecule has 0 saturated carbocycles. The number of hydrogen-bond acceptors (Lipinski definition) is 4. The van der Waals surface area contributed by atoms with Gasteiger partial charge in [-0.2, -0.15) is 0 Å². The zero-order chi connectivity index (χ0) is 13.0. The van der Waals surface area contributed by atoms with E-state index in [2.05, 4.69) is 10.3 Å². The maximum atomic E-state index is 11.7. The second-order valence-electron chi connectivity index (χ2n) is 3.92. The van der Waals surface area contributed by atoms with Crippen molar-refractivity contribution < 1.29 is 9.53 Å². The van der Waals surface area contributed by atoms with Crippen LogP contribution in [0, 0.1) is 13.8 Å². The quantitative estimate of drug-likeness (QED) is 0.921. The molecule has 18 heavy (non-hydrogen) atoms. The lowest BCUT2D eigenvalue weighted by atomic mass is 10.2. The zero-order valence-corrected chi connectivity index (χ0v) is 11.1. The molecule has 0 fully saturated rings. The number of rotatable bonds is 4. The molecule has 0 radical (unpaired) electrons. The van der Waals surface area contributed by atoms with E-state index in [9.17, 15) is 4.79 Å². The standard InChI is InChI=1S/C13H14N2O2S/c1-9-4-3-5-11(6-9)17-7-12(16)15-13-10(2)14-8-18-13/h3-6,8H,7H2,1-2H3,(H,15,16). The largest absolute Gasteiger partial charge is 0.484 e. The first-order chi connectivity index (χ1) is 8.65. The van der Waals surface area contributed by atoms with Gasteiger partial charge in [-0.3, -0.25) is 4.79 Å². The third kappa shape index (κ3) is 3.30. The number of aromatic nitrogens is 1. The first kappa shape index (κ1) is 12.6. The maximum absolute atomic E-state index is 11.7. The number of carbonyl (C=O) groups is 1. The molecule has 1 aromatic carbocycles. The van der Waals surface area contributed by atoms with Crippen molar-refractivity contribution in [3.63, 3.8) is 0 Å². The fourth-order valence-electron chi connectivity index (χ4n) is 1.44. The fourth-order valence-corrected chi connectivity index (χ4v) is 2.15. The Kier molecular flexibility index (Phi) is 3.94. The van der Waals surface area contributed by atoms with Gasteiger partial charge in [0.2, 0.25) is 0 Å². The van der Waals surface area contributed by atoms with E-state index in [0.29, 0.717) is 5.75 Å². The van der Waals surface area contributed by atoms with E-state index in [4.69, 9.17) is 4.74 Å². The minimum Gasteiger partial charge on any atom is -0.484 e. The average molecular weight is 262 g/mol. The molecule has 5 heteroatoms. The van der Waals surface area contributed by atoms with Crippen LogP contribution >= 0.6 is 11.3 Å². The van der Waals surface area contributed by atoms with Crippen molar-refractivity contribution in [1.29, 1.82) is 0 Å². The number of carbonyl (C=O) groups excluding carboxylic acids is 1. The van der Waals surface area contributed by atoms with Gasteiger partial charge in [0.25, 0.3) is 5.91 Å². The summed E-state index contributed by atoms with van der Waals surface area (Å²) < 4.78 is 5.41. The van der Waals surface area contributed by atoms with Crippen molar-refractivity contribution in [3.05, 3.63) is 41.0 Å². The molecule has 4 nitrogen and oxygen atoms in total. The van der Waals surface area contributed by atoms with Crippen molar-refractivity contribution in [2.45, 2.75) is 13.8 Å². The molecule has 0 atom stereocenters. The van der Waals surface area contributed by atoms with Crippen LogP contribution in [0.1, 0.15) is 11.3 Å². The number of thiazole rings is 1. The molecule has 1 aromatic heterocycles. The summed E-state index contributed by atoms with van der Waals surface area (Å²) in [6.07, 6.45) is 0. The molecule has 0 saturated heterocycles. The summed E-state index contributed by atoms with van der Waals surface area (Å²) in [5.74, 6) is 0.523. The van der Waals surface area contributed by atoms with Crippen LogP contribution in [0.3, 0.4) is 0 Å². The Hall–Kier alpha value is -1.88. The molecule has 2 aromatic rings. The van der Waals surface area contributed by atoms with Gasteiger partial charge in [-0.1, -0.05) is 12.1 Å². The van der Waals surface area contributed by atoms with Gasteiger partial charge in [-0.05, 0) is 31.5 Å². The number of anilines is 1. The predicted octanol–water partition coefficient (Wildman–Crippen LogP) is 2.78. The summed E-state index contributed by atoms with van der Waals surface area (Å²) in [6, 6.07) is 7.60. The molecule has 2 rings (SSSR count). The molecular weight excluding hydrogens is 248 g/mol. The van der Waals surface area contributed by atoms with Gasteiger partial charge >= 0.3 is 0 Å². The molecule has 0 aliphatic rings. The summed E-state index contributed by atoms with van der Waals surface area (Å²) in [7, 11) is 0. The van der Waals surface area contributed by atoms with Gasteiger partial charge in [0.15, 0.2) is 6.61 Å². The van der Waals surface area contributed by atoms with Gasteiger partial charge in [0, 0.05) is 0 Å². The molecule has 94 valence electrons. The SMILES string of the molecule is Cc1cccc(OCC(=O)Nc2scnc2C)c1. The monoisotopic (exact) mass is 262 g/mol. The lowest BCUT2D eigenvalue weighted by molar-refractivity contribution is -0.118. The Morgan fingerprint density at radius 1 is 1.44 bits per heavy atom. The lowest BCUT2D eigenvalue weighted by Crippen LogP contribution is -2.20. The molecule has 0 unspecified atom stereocenters. The Labute approximate surface area is 110 Å². The van der Waals surface area contributed by atoms with Crippen molar-refractivity contribution in [1.82, 2.24) is 4.98 Å². The van der Waals surface area contributed by atoms with Crippen molar-refractivity contribution in [2.24, 2.45) is 0 Å². The zero-order valence-electron chi connectivity index (χ0n) is 10.3. The minimum absolute atomic E-state index is 0.000787. The number of nitrogens with one attached hydrogen (secondary N) is 1. The Balaban J connectivity index is 1.87. The van der Waals surface area contributed by atoms with Crippen LogP contribution in [0.4, 0.5) is 5.00 Å². The minimum atomic E-state index is -0.177. The second-order valence-corrected chi connectivity index (χ2v) is 4.78. The molecule has 1 N–H and O–H groups in total. The van der Waals surface area contributed by atoms with Crippen LogP contribution in [-0.2, 0) is 4.79 Å². The van der Waals surface area contributed by atoms with E-state index in [1.54, 1.807) is 5.51 Å². The number of aryl methyl sites for hydroxylation is 2. The smallest absolute Gasteiger partial charge is 0.262 e. The molecule has 1 amide bonds. The number of amides is 1. The number of benzene rings is 1. The average Bonchev–Trinajstić information content (AvgIpc) is 2.73. The van der Waals surface area contributed by atoms with Crippen LogP contribution in [0.5, 0.6) is 5.75 Å².